The van der Waals surface area contributed by atoms with Gasteiger partial charge in [0, 0.05) is 11.3 Å². The average Bonchev–Trinajstić information content (AvgIpc) is 3.11. The van der Waals surface area contributed by atoms with Gasteiger partial charge in [0.05, 0.1) is 0 Å². The summed E-state index contributed by atoms with van der Waals surface area (Å²) in [6.07, 6.45) is 0. The molecule has 0 saturated carbocycles. The molecule has 0 saturated heterocycles. The number of amides is 1. The molecule has 0 aliphatic carbocycles. The molecule has 0 radical (unpaired) electrons. The maximum Gasteiger partial charge on any atom is 0.262 e. The highest BCUT2D eigenvalue weighted by Gasteiger charge is 2.10. The van der Waals surface area contributed by atoms with Crippen LogP contribution in [-0.4, -0.2) is 17.5 Å². The molecule has 27 heavy (non-hydrogen) atoms. The summed E-state index contributed by atoms with van der Waals surface area (Å²) in [6, 6.07) is 22.6. The minimum Gasteiger partial charge on any atom is -0.484 e. The summed E-state index contributed by atoms with van der Waals surface area (Å²) < 4.78 is 11.3. The lowest BCUT2D eigenvalue weighted by Crippen LogP contribution is -2.20. The summed E-state index contributed by atoms with van der Waals surface area (Å²) in [6.45, 7) is 1.96. The van der Waals surface area contributed by atoms with Crippen molar-refractivity contribution in [3.63, 3.8) is 0 Å². The van der Waals surface area contributed by atoms with E-state index >= 15 is 0 Å². The molecule has 0 atom stereocenters. The Morgan fingerprint density at radius 2 is 1.89 bits per heavy atom. The number of carbonyl (C=O) groups excluding carboxylic acids is 1. The summed E-state index contributed by atoms with van der Waals surface area (Å²) in [5, 5.41) is 2.82. The fourth-order valence-corrected chi connectivity index (χ4v) is 2.77. The van der Waals surface area contributed by atoms with E-state index in [1.807, 2.05) is 61.5 Å². The first-order valence-electron chi connectivity index (χ1n) is 8.63. The molecule has 0 aliphatic heterocycles. The Bertz CT molecular complexity index is 1090. The van der Waals surface area contributed by atoms with Crippen LogP contribution >= 0.6 is 0 Å². The van der Waals surface area contributed by atoms with E-state index in [0.717, 1.165) is 11.1 Å². The first-order valence-corrected chi connectivity index (χ1v) is 8.63. The minimum atomic E-state index is -0.236. The van der Waals surface area contributed by atoms with Crippen LogP contribution in [0.2, 0.25) is 0 Å². The Kier molecular flexibility index (Phi) is 4.58. The van der Waals surface area contributed by atoms with Crippen molar-refractivity contribution in [2.45, 2.75) is 6.92 Å². The van der Waals surface area contributed by atoms with Crippen LogP contribution in [0.1, 0.15) is 5.56 Å². The Morgan fingerprint density at radius 1 is 1.04 bits per heavy atom. The van der Waals surface area contributed by atoms with E-state index in [4.69, 9.17) is 9.15 Å². The van der Waals surface area contributed by atoms with Gasteiger partial charge < -0.3 is 14.5 Å². The number of oxazole rings is 1. The first-order chi connectivity index (χ1) is 13.2. The molecular formula is C22H18N2O3. The fraction of sp³-hybridized carbons (Fsp3) is 0.0909. The van der Waals surface area contributed by atoms with Crippen molar-refractivity contribution >= 4 is 22.7 Å². The van der Waals surface area contributed by atoms with Crippen LogP contribution < -0.4 is 10.1 Å². The molecule has 5 nitrogen and oxygen atoms in total. The Balaban J connectivity index is 1.47. The van der Waals surface area contributed by atoms with Crippen molar-refractivity contribution in [1.82, 2.24) is 4.98 Å². The second-order valence-electron chi connectivity index (χ2n) is 6.22. The van der Waals surface area contributed by atoms with Crippen LogP contribution in [-0.2, 0) is 4.79 Å². The zero-order chi connectivity index (χ0) is 18.6. The fourth-order valence-electron chi connectivity index (χ4n) is 2.77. The summed E-state index contributed by atoms with van der Waals surface area (Å²) in [5.74, 6) is 0.979. The highest BCUT2D eigenvalue weighted by molar-refractivity contribution is 5.94. The van der Waals surface area contributed by atoms with E-state index in [9.17, 15) is 4.79 Å². The van der Waals surface area contributed by atoms with Crippen molar-refractivity contribution in [2.75, 3.05) is 11.9 Å². The number of benzene rings is 3. The van der Waals surface area contributed by atoms with E-state index < -0.39 is 0 Å². The molecule has 1 heterocycles. The number of para-hydroxylation sites is 1. The number of ether oxygens (including phenoxy) is 1. The highest BCUT2D eigenvalue weighted by Crippen LogP contribution is 2.26. The lowest BCUT2D eigenvalue weighted by molar-refractivity contribution is -0.118. The maximum absolute atomic E-state index is 12.1. The third-order valence-electron chi connectivity index (χ3n) is 4.05. The molecule has 5 heteroatoms. The third-order valence-corrected chi connectivity index (χ3v) is 4.05. The zero-order valence-electron chi connectivity index (χ0n) is 14.8. The van der Waals surface area contributed by atoms with Gasteiger partial charge in [-0.05, 0) is 49.4 Å². The molecule has 4 aromatic rings. The predicted octanol–water partition coefficient (Wildman–Crippen LogP) is 4.82. The molecule has 3 aromatic carbocycles. The van der Waals surface area contributed by atoms with Gasteiger partial charge in [0.2, 0.25) is 5.89 Å². The lowest BCUT2D eigenvalue weighted by atomic mass is 10.1. The van der Waals surface area contributed by atoms with E-state index in [-0.39, 0.29) is 12.5 Å². The molecule has 0 unspecified atom stereocenters. The summed E-state index contributed by atoms with van der Waals surface area (Å²) in [4.78, 5) is 16.6. The lowest BCUT2D eigenvalue weighted by Gasteiger charge is -2.07. The molecule has 0 spiro atoms. The topological polar surface area (TPSA) is 64.4 Å². The van der Waals surface area contributed by atoms with Crippen LogP contribution in [0.15, 0.2) is 77.2 Å². The summed E-state index contributed by atoms with van der Waals surface area (Å²) in [5.41, 5.74) is 4.07. The number of hydrogen-bond acceptors (Lipinski definition) is 4. The van der Waals surface area contributed by atoms with Gasteiger partial charge in [-0.1, -0.05) is 35.9 Å². The number of carbonyl (C=O) groups is 1. The number of aromatic nitrogens is 1. The molecule has 0 aliphatic rings. The predicted molar refractivity (Wildman–Crippen MR) is 105 cm³/mol. The van der Waals surface area contributed by atoms with Crippen molar-refractivity contribution in [3.05, 3.63) is 78.4 Å². The number of anilines is 1. The molecule has 0 fully saturated rings. The van der Waals surface area contributed by atoms with E-state index in [2.05, 4.69) is 10.3 Å². The summed E-state index contributed by atoms with van der Waals surface area (Å²) in [7, 11) is 0. The van der Waals surface area contributed by atoms with E-state index in [1.54, 1.807) is 18.2 Å². The molecule has 0 bridgehead atoms. The minimum absolute atomic E-state index is 0.0601. The molecule has 1 aromatic heterocycles. The summed E-state index contributed by atoms with van der Waals surface area (Å²) >= 11 is 0. The third kappa shape index (κ3) is 3.98. The number of rotatable bonds is 5. The normalized spacial score (nSPS) is 10.7. The van der Waals surface area contributed by atoms with Crippen molar-refractivity contribution in [3.8, 4) is 17.2 Å². The SMILES string of the molecule is Cc1cccc(-c2nc3cc(NC(=O)COc4ccccc4)ccc3o2)c1. The molecular weight excluding hydrogens is 340 g/mol. The van der Waals surface area contributed by atoms with Crippen molar-refractivity contribution in [1.29, 1.82) is 0 Å². The second kappa shape index (κ2) is 7.33. The smallest absolute Gasteiger partial charge is 0.262 e. The van der Waals surface area contributed by atoms with Crippen molar-refractivity contribution in [2.24, 2.45) is 0 Å². The zero-order valence-corrected chi connectivity index (χ0v) is 14.8. The molecule has 1 amide bonds. The first kappa shape index (κ1) is 16.8. The number of fused-ring (bicyclic) bond motifs is 1. The monoisotopic (exact) mass is 358 g/mol. The van der Waals surface area contributed by atoms with E-state index in [1.165, 1.54) is 0 Å². The quantitative estimate of drug-likeness (QED) is 0.555. The molecule has 4 rings (SSSR count). The van der Waals surface area contributed by atoms with Gasteiger partial charge in [0.15, 0.2) is 12.2 Å². The molecule has 134 valence electrons. The van der Waals surface area contributed by atoms with Gasteiger partial charge >= 0.3 is 0 Å². The number of hydrogen-bond donors (Lipinski definition) is 1. The van der Waals surface area contributed by atoms with Crippen LogP contribution in [0.4, 0.5) is 5.69 Å². The number of nitrogens with zero attached hydrogens (tertiary/aromatic N) is 1. The number of aryl methyl sites for hydroxylation is 1. The van der Waals surface area contributed by atoms with Gasteiger partial charge in [-0.15, -0.1) is 0 Å². The Morgan fingerprint density at radius 3 is 2.70 bits per heavy atom. The van der Waals surface area contributed by atoms with Gasteiger partial charge in [0.25, 0.3) is 5.91 Å². The van der Waals surface area contributed by atoms with Crippen LogP contribution in [0, 0.1) is 6.92 Å². The largest absolute Gasteiger partial charge is 0.484 e. The van der Waals surface area contributed by atoms with Gasteiger partial charge in [-0.3, -0.25) is 4.79 Å². The van der Waals surface area contributed by atoms with Crippen LogP contribution in [0.25, 0.3) is 22.6 Å². The average molecular weight is 358 g/mol. The molecule has 1 N–H and O–H groups in total. The number of nitrogens with one attached hydrogen (secondary N) is 1. The van der Waals surface area contributed by atoms with Gasteiger partial charge in [-0.2, -0.15) is 0 Å². The standard InChI is InChI=1S/C22H18N2O3/c1-15-6-5-7-16(12-15)22-24-19-13-17(10-11-20(19)27-22)23-21(25)14-26-18-8-3-2-4-9-18/h2-13H,14H2,1H3,(H,23,25). The highest BCUT2D eigenvalue weighted by atomic mass is 16.5. The van der Waals surface area contributed by atoms with Gasteiger partial charge in [0.1, 0.15) is 11.3 Å². The van der Waals surface area contributed by atoms with Crippen LogP contribution in [0.5, 0.6) is 5.75 Å². The van der Waals surface area contributed by atoms with E-state index in [0.29, 0.717) is 28.4 Å². The second-order valence-corrected chi connectivity index (χ2v) is 6.22. The van der Waals surface area contributed by atoms with Gasteiger partial charge in [-0.25, -0.2) is 4.98 Å². The Hall–Kier alpha value is -3.60. The van der Waals surface area contributed by atoms with Crippen molar-refractivity contribution < 1.29 is 13.9 Å². The Labute approximate surface area is 156 Å². The van der Waals surface area contributed by atoms with Crippen LogP contribution in [0.3, 0.4) is 0 Å². The maximum atomic E-state index is 12.1.